The zero-order chi connectivity index (χ0) is 14.7. The summed E-state index contributed by atoms with van der Waals surface area (Å²) in [7, 11) is 2.15. The number of hydrogen-bond acceptors (Lipinski definition) is 2. The van der Waals surface area contributed by atoms with E-state index in [2.05, 4.69) is 42.3 Å². The fourth-order valence-corrected chi connectivity index (χ4v) is 3.07. The highest BCUT2D eigenvalue weighted by molar-refractivity contribution is 6.30. The van der Waals surface area contributed by atoms with E-state index in [1.165, 1.54) is 5.56 Å². The first-order chi connectivity index (χ1) is 10.2. The van der Waals surface area contributed by atoms with Crippen LogP contribution in [0.3, 0.4) is 0 Å². The van der Waals surface area contributed by atoms with Crippen molar-refractivity contribution in [2.75, 3.05) is 20.1 Å². The number of nitrogens with zero attached hydrogens (tertiary/aromatic N) is 1. The topological polar surface area (TPSA) is 12.5 Å². The van der Waals surface area contributed by atoms with Gasteiger partial charge in [0.05, 0.1) is 6.61 Å². The molecule has 1 saturated heterocycles. The number of likely N-dealkylation sites (tertiary alicyclic amines) is 1. The summed E-state index contributed by atoms with van der Waals surface area (Å²) in [5.74, 6) is 0. The minimum absolute atomic E-state index is 0.199. The minimum Gasteiger partial charge on any atom is -0.364 e. The minimum atomic E-state index is -0.199. The maximum Gasteiger partial charge on any atom is 0.107 e. The molecule has 1 fully saturated rings. The third kappa shape index (κ3) is 3.29. The molecule has 2 nitrogen and oxygen atoms in total. The molecule has 0 aromatic heterocycles. The van der Waals surface area contributed by atoms with Crippen LogP contribution in [-0.2, 0) is 16.9 Å². The largest absolute Gasteiger partial charge is 0.364 e. The van der Waals surface area contributed by atoms with Crippen LogP contribution in [-0.4, -0.2) is 25.0 Å². The van der Waals surface area contributed by atoms with Gasteiger partial charge in [-0.05, 0) is 36.7 Å². The molecule has 0 spiro atoms. The number of rotatable bonds is 4. The van der Waals surface area contributed by atoms with Crippen LogP contribution in [0.25, 0.3) is 0 Å². The number of ether oxygens (including phenoxy) is 1. The monoisotopic (exact) mass is 301 g/mol. The van der Waals surface area contributed by atoms with Crippen molar-refractivity contribution in [3.63, 3.8) is 0 Å². The zero-order valence-electron chi connectivity index (χ0n) is 12.3. The summed E-state index contributed by atoms with van der Waals surface area (Å²) in [6.07, 6.45) is 1.03. The van der Waals surface area contributed by atoms with Crippen LogP contribution in [0.15, 0.2) is 54.6 Å². The molecule has 21 heavy (non-hydrogen) atoms. The summed E-state index contributed by atoms with van der Waals surface area (Å²) in [6, 6.07) is 18.4. The molecule has 2 aromatic rings. The summed E-state index contributed by atoms with van der Waals surface area (Å²) >= 11 is 5.93. The van der Waals surface area contributed by atoms with Gasteiger partial charge in [0.15, 0.2) is 0 Å². The highest BCUT2D eigenvalue weighted by atomic mass is 35.5. The number of halogens is 1. The van der Waals surface area contributed by atoms with E-state index in [-0.39, 0.29) is 5.60 Å². The lowest BCUT2D eigenvalue weighted by Crippen LogP contribution is -2.32. The van der Waals surface area contributed by atoms with Crippen molar-refractivity contribution in [1.29, 1.82) is 0 Å². The molecule has 0 amide bonds. The fourth-order valence-electron chi connectivity index (χ4n) is 2.95. The van der Waals surface area contributed by atoms with E-state index in [1.54, 1.807) is 0 Å². The lowest BCUT2D eigenvalue weighted by molar-refractivity contribution is -0.0526. The van der Waals surface area contributed by atoms with Gasteiger partial charge >= 0.3 is 0 Å². The smallest absolute Gasteiger partial charge is 0.107 e. The molecule has 1 unspecified atom stereocenters. The lowest BCUT2D eigenvalue weighted by atomic mass is 9.92. The van der Waals surface area contributed by atoms with Crippen molar-refractivity contribution in [3.8, 4) is 0 Å². The Morgan fingerprint density at radius 1 is 1.10 bits per heavy atom. The molecule has 2 aromatic carbocycles. The second kappa shape index (κ2) is 6.18. The van der Waals surface area contributed by atoms with Crippen LogP contribution in [0, 0.1) is 0 Å². The Kier molecular flexibility index (Phi) is 4.29. The Balaban J connectivity index is 1.79. The van der Waals surface area contributed by atoms with Gasteiger partial charge in [0.2, 0.25) is 0 Å². The molecular weight excluding hydrogens is 282 g/mol. The molecular formula is C18H20ClNO. The maximum atomic E-state index is 6.39. The Hall–Kier alpha value is -1.35. The average molecular weight is 302 g/mol. The van der Waals surface area contributed by atoms with E-state index in [4.69, 9.17) is 16.3 Å². The van der Waals surface area contributed by atoms with E-state index in [0.29, 0.717) is 6.61 Å². The molecule has 3 heteroatoms. The molecule has 1 atom stereocenters. The SMILES string of the molecule is CN1CCC(OCc2ccc(Cl)cc2)(c2ccccc2)C1. The number of benzene rings is 2. The zero-order valence-corrected chi connectivity index (χ0v) is 13.0. The van der Waals surface area contributed by atoms with E-state index in [9.17, 15) is 0 Å². The molecule has 110 valence electrons. The third-order valence-electron chi connectivity index (χ3n) is 4.15. The van der Waals surface area contributed by atoms with Gasteiger partial charge in [-0.25, -0.2) is 0 Å². The second-order valence-electron chi connectivity index (χ2n) is 5.76. The first-order valence-corrected chi connectivity index (χ1v) is 7.68. The molecule has 0 aliphatic carbocycles. The van der Waals surface area contributed by atoms with Crippen molar-refractivity contribution in [1.82, 2.24) is 4.90 Å². The normalized spacial score (nSPS) is 22.6. The predicted molar refractivity (Wildman–Crippen MR) is 86.5 cm³/mol. The van der Waals surface area contributed by atoms with Gasteiger partial charge in [0, 0.05) is 18.1 Å². The van der Waals surface area contributed by atoms with Gasteiger partial charge in [0.1, 0.15) is 5.60 Å². The van der Waals surface area contributed by atoms with Gasteiger partial charge < -0.3 is 9.64 Å². The molecule has 0 saturated carbocycles. The van der Waals surface area contributed by atoms with Crippen LogP contribution in [0.2, 0.25) is 5.02 Å². The van der Waals surface area contributed by atoms with E-state index >= 15 is 0 Å². The van der Waals surface area contributed by atoms with Gasteiger partial charge in [-0.1, -0.05) is 54.1 Å². The molecule has 0 radical (unpaired) electrons. The quantitative estimate of drug-likeness (QED) is 0.843. The Labute approximate surface area is 131 Å². The van der Waals surface area contributed by atoms with Crippen molar-refractivity contribution in [3.05, 3.63) is 70.7 Å². The highest BCUT2D eigenvalue weighted by Gasteiger charge is 2.39. The number of hydrogen-bond donors (Lipinski definition) is 0. The number of likely N-dealkylation sites (N-methyl/N-ethyl adjacent to an activating group) is 1. The Bertz CT molecular complexity index is 584. The first-order valence-electron chi connectivity index (χ1n) is 7.30. The molecule has 0 N–H and O–H groups in total. The van der Waals surface area contributed by atoms with E-state index < -0.39 is 0 Å². The van der Waals surface area contributed by atoms with Crippen molar-refractivity contribution >= 4 is 11.6 Å². The standard InChI is InChI=1S/C18H20ClNO/c1-20-12-11-18(14-20,16-5-3-2-4-6-16)21-13-15-7-9-17(19)10-8-15/h2-10H,11-14H2,1H3. The van der Waals surface area contributed by atoms with Crippen molar-refractivity contribution in [2.45, 2.75) is 18.6 Å². The molecule has 3 rings (SSSR count). The van der Waals surface area contributed by atoms with Crippen molar-refractivity contribution < 1.29 is 4.74 Å². The third-order valence-corrected chi connectivity index (χ3v) is 4.40. The summed E-state index contributed by atoms with van der Waals surface area (Å²) in [4.78, 5) is 2.33. The molecule has 1 heterocycles. The molecule has 1 aliphatic heterocycles. The van der Waals surface area contributed by atoms with Crippen LogP contribution >= 0.6 is 11.6 Å². The van der Waals surface area contributed by atoms with Crippen LogP contribution in [0.1, 0.15) is 17.5 Å². The summed E-state index contributed by atoms with van der Waals surface area (Å²) < 4.78 is 6.39. The van der Waals surface area contributed by atoms with E-state index in [0.717, 1.165) is 30.1 Å². The van der Waals surface area contributed by atoms with Crippen LogP contribution in [0.5, 0.6) is 0 Å². The predicted octanol–water partition coefficient (Wildman–Crippen LogP) is 4.09. The molecule has 0 bridgehead atoms. The van der Waals surface area contributed by atoms with Crippen molar-refractivity contribution in [2.24, 2.45) is 0 Å². The average Bonchev–Trinajstić information content (AvgIpc) is 2.90. The van der Waals surface area contributed by atoms with E-state index in [1.807, 2.05) is 24.3 Å². The Morgan fingerprint density at radius 3 is 2.43 bits per heavy atom. The summed E-state index contributed by atoms with van der Waals surface area (Å²) in [5, 5.41) is 0.761. The summed E-state index contributed by atoms with van der Waals surface area (Å²) in [6.45, 7) is 2.61. The van der Waals surface area contributed by atoms with Gasteiger partial charge in [0.25, 0.3) is 0 Å². The lowest BCUT2D eigenvalue weighted by Gasteiger charge is -2.30. The summed E-state index contributed by atoms with van der Waals surface area (Å²) in [5.41, 5.74) is 2.22. The fraction of sp³-hybridized carbons (Fsp3) is 0.333. The Morgan fingerprint density at radius 2 is 1.81 bits per heavy atom. The van der Waals surface area contributed by atoms with Gasteiger partial charge in [-0.3, -0.25) is 0 Å². The first kappa shape index (κ1) is 14.6. The highest BCUT2D eigenvalue weighted by Crippen LogP contribution is 2.36. The second-order valence-corrected chi connectivity index (χ2v) is 6.20. The maximum absolute atomic E-state index is 6.39. The molecule has 1 aliphatic rings. The van der Waals surface area contributed by atoms with Crippen LogP contribution < -0.4 is 0 Å². The van der Waals surface area contributed by atoms with Crippen LogP contribution in [0.4, 0.5) is 0 Å². The van der Waals surface area contributed by atoms with Gasteiger partial charge in [-0.15, -0.1) is 0 Å². The van der Waals surface area contributed by atoms with Gasteiger partial charge in [-0.2, -0.15) is 0 Å².